The first kappa shape index (κ1) is 36.8. The first-order valence-corrected chi connectivity index (χ1v) is 11.3. The standard InChI is InChI=1S/C22H42N2O9.2Y/c1-21(2,3)32-18-12(10-28-8)29-19(13(23)16(18)26)31-17-11(9-27-7)30-20(14(24)15(17)25)33-22(4,5)6;;/h11-20,23-26H,9-10H2,1-8H3;;/q-2;;. The van der Waals surface area contributed by atoms with E-state index in [1.54, 1.807) is 0 Å². The Balaban J connectivity index is 0.00000578. The van der Waals surface area contributed by atoms with Crippen LogP contribution in [-0.4, -0.2) is 110 Å². The number of methoxy groups -OCH3 is 2. The maximum Gasteiger partial charge on any atom is 0.145 e. The number of aliphatic hydroxyl groups excluding tert-OH is 2. The third-order valence-electron chi connectivity index (χ3n) is 5.26. The van der Waals surface area contributed by atoms with Gasteiger partial charge in [0.05, 0.1) is 36.6 Å². The van der Waals surface area contributed by atoms with E-state index in [1.165, 1.54) is 14.2 Å². The van der Waals surface area contributed by atoms with Gasteiger partial charge in [-0.25, -0.2) is 0 Å². The molecule has 10 atom stereocenters. The third-order valence-corrected chi connectivity index (χ3v) is 5.26. The molecule has 2 rings (SSSR count). The van der Waals surface area contributed by atoms with Crippen LogP contribution in [0.5, 0.6) is 0 Å². The fraction of sp³-hybridized carbons (Fsp3) is 1.00. The molecule has 11 nitrogen and oxygen atoms in total. The van der Waals surface area contributed by atoms with Crippen molar-refractivity contribution < 1.29 is 109 Å². The Morgan fingerprint density at radius 2 is 1.09 bits per heavy atom. The van der Waals surface area contributed by atoms with Crippen molar-refractivity contribution >= 4 is 0 Å². The molecule has 0 aromatic carbocycles. The number of hydrogen-bond acceptors (Lipinski definition) is 9. The summed E-state index contributed by atoms with van der Waals surface area (Å²) in [4.78, 5) is 0. The molecule has 2 aliphatic rings. The van der Waals surface area contributed by atoms with Gasteiger partial charge >= 0.3 is 0 Å². The first-order chi connectivity index (χ1) is 15.2. The summed E-state index contributed by atoms with van der Waals surface area (Å²) in [5.41, 5.74) is 15.8. The molecule has 2 aliphatic heterocycles. The zero-order valence-corrected chi connectivity index (χ0v) is 27.8. The predicted molar refractivity (Wildman–Crippen MR) is 120 cm³/mol. The van der Waals surface area contributed by atoms with Crippen LogP contribution in [-0.2, 0) is 98.6 Å². The van der Waals surface area contributed by atoms with Gasteiger partial charge in [0.25, 0.3) is 0 Å². The molecule has 2 saturated heterocycles. The third kappa shape index (κ3) is 10.7. The van der Waals surface area contributed by atoms with E-state index in [-0.39, 0.29) is 78.6 Å². The molecule has 0 aromatic rings. The van der Waals surface area contributed by atoms with E-state index in [0.717, 1.165) is 0 Å². The van der Waals surface area contributed by atoms with Crippen molar-refractivity contribution in [1.82, 2.24) is 0 Å². The van der Waals surface area contributed by atoms with Gasteiger partial charge in [-0.3, -0.25) is 0 Å². The van der Waals surface area contributed by atoms with E-state index < -0.39 is 72.5 Å². The van der Waals surface area contributed by atoms with Gasteiger partial charge in [0, 0.05) is 79.6 Å². The SMILES string of the molecule is COCC1OC(OC(C)(C)C)C([NH-])C(O)C1OC1OC(COC)C(OC(C)(C)C)C(O)C1[NH-].[Y].[Y]. The van der Waals surface area contributed by atoms with E-state index >= 15 is 0 Å². The van der Waals surface area contributed by atoms with E-state index in [0.29, 0.717) is 0 Å². The molecule has 0 aliphatic carbocycles. The Morgan fingerprint density at radius 1 is 0.686 bits per heavy atom. The number of rotatable bonds is 8. The van der Waals surface area contributed by atoms with Crippen LogP contribution in [0.15, 0.2) is 0 Å². The van der Waals surface area contributed by atoms with Gasteiger partial charge in [-0.15, -0.1) is 0 Å². The molecular formula is C22H42N2O9Y2-2. The summed E-state index contributed by atoms with van der Waals surface area (Å²) in [5.74, 6) is 0. The molecule has 35 heavy (non-hydrogen) atoms. The molecule has 10 unspecified atom stereocenters. The Bertz CT molecular complexity index is 608. The maximum absolute atomic E-state index is 10.9. The fourth-order valence-electron chi connectivity index (χ4n) is 3.88. The topological polar surface area (TPSA) is 153 Å². The molecule has 0 spiro atoms. The van der Waals surface area contributed by atoms with Crippen LogP contribution in [0.1, 0.15) is 41.5 Å². The Labute approximate surface area is 259 Å². The molecule has 4 N–H and O–H groups in total. The van der Waals surface area contributed by atoms with Crippen LogP contribution < -0.4 is 0 Å². The maximum atomic E-state index is 10.9. The van der Waals surface area contributed by atoms with Crippen LogP contribution in [0, 0.1) is 0 Å². The summed E-state index contributed by atoms with van der Waals surface area (Å²) in [6.45, 7) is 11.2. The zero-order chi connectivity index (χ0) is 25.1. The van der Waals surface area contributed by atoms with Crippen LogP contribution in [0.4, 0.5) is 0 Å². The Kier molecular flexibility index (Phi) is 16.3. The Morgan fingerprint density at radius 3 is 1.54 bits per heavy atom. The van der Waals surface area contributed by atoms with Gasteiger partial charge in [-0.1, -0.05) is 12.1 Å². The van der Waals surface area contributed by atoms with Gasteiger partial charge in [-0.05, 0) is 41.5 Å². The van der Waals surface area contributed by atoms with Gasteiger partial charge in [-0.2, -0.15) is 0 Å². The monoisotopic (exact) mass is 656 g/mol. The van der Waals surface area contributed by atoms with E-state index in [9.17, 15) is 10.2 Å². The van der Waals surface area contributed by atoms with Crippen molar-refractivity contribution in [2.24, 2.45) is 0 Å². The molecule has 0 saturated carbocycles. The van der Waals surface area contributed by atoms with Crippen molar-refractivity contribution in [2.45, 2.75) is 114 Å². The molecule has 2 radical (unpaired) electrons. The predicted octanol–water partition coefficient (Wildman–Crippen LogP) is 1.67. The number of aliphatic hydroxyl groups is 2. The number of ether oxygens (including phenoxy) is 7. The van der Waals surface area contributed by atoms with Crippen LogP contribution in [0.2, 0.25) is 0 Å². The average Bonchev–Trinajstić information content (AvgIpc) is 2.68. The van der Waals surface area contributed by atoms with Crippen molar-refractivity contribution in [3.05, 3.63) is 11.5 Å². The second-order valence-electron chi connectivity index (χ2n) is 10.6. The summed E-state index contributed by atoms with van der Waals surface area (Å²) in [5, 5.41) is 21.8. The number of nitrogens with one attached hydrogen (secondary N) is 2. The molecule has 13 heteroatoms. The second-order valence-corrected chi connectivity index (χ2v) is 10.6. The molecular weight excluding hydrogens is 614 g/mol. The molecule has 0 bridgehead atoms. The summed E-state index contributed by atoms with van der Waals surface area (Å²) in [7, 11) is 2.98. The second kappa shape index (κ2) is 15.5. The summed E-state index contributed by atoms with van der Waals surface area (Å²) < 4.78 is 40.1. The quantitative estimate of drug-likeness (QED) is 0.398. The van der Waals surface area contributed by atoms with E-state index in [4.69, 9.17) is 44.6 Å². The zero-order valence-electron chi connectivity index (χ0n) is 22.1. The minimum Gasteiger partial charge on any atom is -0.668 e. The fourth-order valence-corrected chi connectivity index (χ4v) is 3.88. The van der Waals surface area contributed by atoms with E-state index in [1.807, 2.05) is 41.5 Å². The summed E-state index contributed by atoms with van der Waals surface area (Å²) in [6.07, 6.45) is -8.06. The van der Waals surface area contributed by atoms with E-state index in [2.05, 4.69) is 0 Å². The molecule has 2 fully saturated rings. The minimum atomic E-state index is -1.30. The van der Waals surface area contributed by atoms with Gasteiger partial charge in [0.15, 0.2) is 0 Å². The number of hydrogen-bond donors (Lipinski definition) is 2. The van der Waals surface area contributed by atoms with Gasteiger partial charge in [0.1, 0.15) is 37.0 Å². The summed E-state index contributed by atoms with van der Waals surface area (Å²) in [6, 6.07) is -2.39. The van der Waals surface area contributed by atoms with Crippen LogP contribution in [0.3, 0.4) is 0 Å². The van der Waals surface area contributed by atoms with Crippen molar-refractivity contribution in [2.75, 3.05) is 27.4 Å². The normalized spacial score (nSPS) is 38.4. The van der Waals surface area contributed by atoms with Crippen molar-refractivity contribution in [1.29, 1.82) is 0 Å². The van der Waals surface area contributed by atoms with Crippen molar-refractivity contribution in [3.63, 3.8) is 0 Å². The molecule has 0 aromatic heterocycles. The van der Waals surface area contributed by atoms with Crippen LogP contribution in [0.25, 0.3) is 11.5 Å². The molecule has 202 valence electrons. The average molecular weight is 656 g/mol. The first-order valence-electron chi connectivity index (χ1n) is 11.3. The van der Waals surface area contributed by atoms with Gasteiger partial charge in [0.2, 0.25) is 0 Å². The van der Waals surface area contributed by atoms with Gasteiger partial charge < -0.3 is 54.8 Å². The smallest absolute Gasteiger partial charge is 0.145 e. The molecule has 2 heterocycles. The minimum absolute atomic E-state index is 0. The van der Waals surface area contributed by atoms with Crippen LogP contribution >= 0.6 is 0 Å². The molecule has 0 amide bonds. The Hall–Kier alpha value is 1.77. The van der Waals surface area contributed by atoms with Crippen molar-refractivity contribution in [3.8, 4) is 0 Å². The largest absolute Gasteiger partial charge is 0.668 e. The summed E-state index contributed by atoms with van der Waals surface area (Å²) >= 11 is 0.